The highest BCUT2D eigenvalue weighted by atomic mass is 32.2. The zero-order valence-electron chi connectivity index (χ0n) is 11.1. The van der Waals surface area contributed by atoms with Gasteiger partial charge in [0, 0.05) is 12.3 Å². The maximum absolute atomic E-state index is 11.7. The van der Waals surface area contributed by atoms with Gasteiger partial charge in [0.25, 0.3) is 0 Å². The molecular formula is C14H13N3OS2. The summed E-state index contributed by atoms with van der Waals surface area (Å²) in [6, 6.07) is 12.0. The third kappa shape index (κ3) is 2.41. The van der Waals surface area contributed by atoms with E-state index < -0.39 is 0 Å². The minimum absolute atomic E-state index is 0.0680. The molecule has 1 aliphatic heterocycles. The lowest BCUT2D eigenvalue weighted by Crippen LogP contribution is -2.23. The second-order valence-corrected chi connectivity index (χ2v) is 6.45. The van der Waals surface area contributed by atoms with Crippen LogP contribution in [0, 0.1) is 0 Å². The molecule has 2 heterocycles. The Morgan fingerprint density at radius 2 is 2.10 bits per heavy atom. The van der Waals surface area contributed by atoms with Crippen molar-refractivity contribution in [3.05, 3.63) is 42.1 Å². The summed E-state index contributed by atoms with van der Waals surface area (Å²) in [5, 5.41) is 6.77. The Bertz CT molecular complexity index is 702. The van der Waals surface area contributed by atoms with E-state index in [-0.39, 0.29) is 11.3 Å². The zero-order valence-corrected chi connectivity index (χ0v) is 12.7. The molecule has 0 N–H and O–H groups in total. The van der Waals surface area contributed by atoms with Crippen molar-refractivity contribution in [3.63, 3.8) is 0 Å². The lowest BCUT2D eigenvalue weighted by molar-refractivity contribution is -0.129. The highest BCUT2D eigenvalue weighted by Crippen LogP contribution is 2.41. The van der Waals surface area contributed by atoms with Crippen molar-refractivity contribution in [2.75, 3.05) is 6.26 Å². The molecule has 0 spiro atoms. The summed E-state index contributed by atoms with van der Waals surface area (Å²) in [4.78, 5) is 16.4. The molecule has 0 aliphatic carbocycles. The number of amides is 1. The quantitative estimate of drug-likeness (QED) is 0.809. The summed E-state index contributed by atoms with van der Waals surface area (Å²) in [7, 11) is 0. The number of nitrogens with zero attached hydrogens (tertiary/aromatic N) is 3. The van der Waals surface area contributed by atoms with Gasteiger partial charge in [0.1, 0.15) is 5.37 Å². The minimum atomic E-state index is -0.167. The molecule has 0 fully saturated rings. The van der Waals surface area contributed by atoms with Crippen molar-refractivity contribution in [1.82, 2.24) is 9.99 Å². The van der Waals surface area contributed by atoms with E-state index in [0.29, 0.717) is 0 Å². The number of hydrogen-bond acceptors (Lipinski definition) is 5. The van der Waals surface area contributed by atoms with Gasteiger partial charge in [0.2, 0.25) is 5.91 Å². The number of fused-ring (bicyclic) bond motifs is 1. The summed E-state index contributed by atoms with van der Waals surface area (Å²) in [5.74, 6) is -0.0680. The van der Waals surface area contributed by atoms with Crippen molar-refractivity contribution in [1.29, 1.82) is 0 Å². The molecule has 4 nitrogen and oxygen atoms in total. The van der Waals surface area contributed by atoms with Crippen LogP contribution in [0.5, 0.6) is 0 Å². The Balaban J connectivity index is 2.00. The van der Waals surface area contributed by atoms with E-state index in [0.717, 1.165) is 21.0 Å². The number of carbonyl (C=O) groups is 1. The Morgan fingerprint density at radius 1 is 1.30 bits per heavy atom. The number of hydrogen-bond donors (Lipinski definition) is 0. The number of benzene rings is 1. The number of rotatable bonds is 1. The Hall–Kier alpha value is -1.53. The third-order valence-electron chi connectivity index (χ3n) is 2.99. The molecule has 0 unspecified atom stereocenters. The fourth-order valence-corrected chi connectivity index (χ4v) is 3.74. The average molecular weight is 303 g/mol. The van der Waals surface area contributed by atoms with Gasteiger partial charge in [-0.2, -0.15) is 5.10 Å². The van der Waals surface area contributed by atoms with Crippen LogP contribution in [-0.4, -0.2) is 26.5 Å². The second kappa shape index (κ2) is 5.46. The fourth-order valence-electron chi connectivity index (χ4n) is 2.04. The zero-order chi connectivity index (χ0) is 14.1. The molecule has 0 bridgehead atoms. The predicted molar refractivity (Wildman–Crippen MR) is 85.5 cm³/mol. The first-order valence-corrected chi connectivity index (χ1v) is 8.24. The van der Waals surface area contributed by atoms with Gasteiger partial charge in [-0.25, -0.2) is 9.99 Å². The number of pyridine rings is 1. The molecule has 0 radical (unpaired) electrons. The van der Waals surface area contributed by atoms with Crippen molar-refractivity contribution in [2.24, 2.45) is 5.10 Å². The molecule has 1 aliphatic rings. The fraction of sp³-hybridized carbons (Fsp3) is 0.214. The topological polar surface area (TPSA) is 45.6 Å². The van der Waals surface area contributed by atoms with Crippen LogP contribution in [0.3, 0.4) is 0 Å². The lowest BCUT2D eigenvalue weighted by Gasteiger charge is -2.18. The third-order valence-corrected chi connectivity index (χ3v) is 5.16. The van der Waals surface area contributed by atoms with Crippen molar-refractivity contribution in [3.8, 4) is 0 Å². The largest absolute Gasteiger partial charge is 0.273 e. The number of aromatic nitrogens is 1. The maximum Gasteiger partial charge on any atom is 0.241 e. The van der Waals surface area contributed by atoms with Crippen LogP contribution in [0.15, 0.2) is 41.5 Å². The van der Waals surface area contributed by atoms with Gasteiger partial charge in [-0.1, -0.05) is 36.0 Å². The number of thioether (sulfide) groups is 2. The number of carbonyl (C=O) groups excluding carboxylic acids is 1. The van der Waals surface area contributed by atoms with E-state index >= 15 is 0 Å². The second-order valence-electron chi connectivity index (χ2n) is 4.33. The number of hydrazone groups is 1. The molecule has 6 heteroatoms. The monoisotopic (exact) mass is 303 g/mol. The van der Waals surface area contributed by atoms with E-state index in [1.165, 1.54) is 11.9 Å². The van der Waals surface area contributed by atoms with Gasteiger partial charge in [0.05, 0.1) is 11.2 Å². The molecular weight excluding hydrogens is 290 g/mol. The summed E-state index contributed by atoms with van der Waals surface area (Å²) >= 11 is 3.11. The van der Waals surface area contributed by atoms with Crippen LogP contribution in [0.2, 0.25) is 0 Å². The van der Waals surface area contributed by atoms with E-state index in [4.69, 9.17) is 0 Å². The van der Waals surface area contributed by atoms with Crippen LogP contribution < -0.4 is 0 Å². The van der Waals surface area contributed by atoms with E-state index in [2.05, 4.69) is 10.1 Å². The van der Waals surface area contributed by atoms with Gasteiger partial charge in [-0.05, 0) is 18.4 Å². The van der Waals surface area contributed by atoms with E-state index in [1.807, 2.05) is 42.7 Å². The van der Waals surface area contributed by atoms with Crippen LogP contribution in [-0.2, 0) is 4.79 Å². The van der Waals surface area contributed by atoms with Gasteiger partial charge >= 0.3 is 0 Å². The van der Waals surface area contributed by atoms with E-state index in [1.54, 1.807) is 23.5 Å². The molecule has 20 heavy (non-hydrogen) atoms. The van der Waals surface area contributed by atoms with Gasteiger partial charge < -0.3 is 0 Å². The SMILES string of the molecule is CSC1=NN(C(C)=O)[C@@H](c2ccc3ccccc3n2)S1. The smallest absolute Gasteiger partial charge is 0.241 e. The predicted octanol–water partition coefficient (Wildman–Crippen LogP) is 3.46. The molecule has 1 aromatic carbocycles. The molecule has 102 valence electrons. The van der Waals surface area contributed by atoms with E-state index in [9.17, 15) is 4.79 Å². The summed E-state index contributed by atoms with van der Waals surface area (Å²) in [6.45, 7) is 1.53. The minimum Gasteiger partial charge on any atom is -0.273 e. The van der Waals surface area contributed by atoms with Crippen molar-refractivity contribution < 1.29 is 4.79 Å². The summed E-state index contributed by atoms with van der Waals surface area (Å²) in [6.07, 6.45) is 1.96. The van der Waals surface area contributed by atoms with Crippen molar-refractivity contribution >= 4 is 44.7 Å². The summed E-state index contributed by atoms with van der Waals surface area (Å²) < 4.78 is 0.889. The first-order chi connectivity index (χ1) is 9.69. The number of para-hydroxylation sites is 1. The molecule has 0 saturated heterocycles. The Kier molecular flexibility index (Phi) is 3.67. The Labute approximate surface area is 125 Å². The van der Waals surface area contributed by atoms with Gasteiger partial charge in [-0.15, -0.1) is 11.8 Å². The highest BCUT2D eigenvalue weighted by Gasteiger charge is 2.32. The highest BCUT2D eigenvalue weighted by molar-refractivity contribution is 8.38. The standard InChI is InChI=1S/C14H13N3OS2/c1-9(18)17-13(20-14(16-17)19-2)12-8-7-10-5-3-4-6-11(10)15-12/h3-8,13H,1-2H3/t13-/m1/s1. The average Bonchev–Trinajstić information content (AvgIpc) is 2.91. The normalized spacial score (nSPS) is 18.4. The van der Waals surface area contributed by atoms with Crippen LogP contribution in [0.1, 0.15) is 18.0 Å². The molecule has 0 saturated carbocycles. The molecule has 1 amide bonds. The van der Waals surface area contributed by atoms with Crippen LogP contribution >= 0.6 is 23.5 Å². The summed E-state index contributed by atoms with van der Waals surface area (Å²) in [5.41, 5.74) is 1.79. The molecule has 1 atom stereocenters. The Morgan fingerprint density at radius 3 is 2.85 bits per heavy atom. The van der Waals surface area contributed by atoms with Crippen molar-refractivity contribution in [2.45, 2.75) is 12.3 Å². The molecule has 1 aromatic heterocycles. The first kappa shape index (κ1) is 13.5. The lowest BCUT2D eigenvalue weighted by atomic mass is 10.2. The van der Waals surface area contributed by atoms with Crippen LogP contribution in [0.25, 0.3) is 10.9 Å². The van der Waals surface area contributed by atoms with Gasteiger partial charge in [0.15, 0.2) is 4.38 Å². The maximum atomic E-state index is 11.7. The van der Waals surface area contributed by atoms with Gasteiger partial charge in [-0.3, -0.25) is 4.79 Å². The molecule has 3 rings (SSSR count). The molecule has 2 aromatic rings. The first-order valence-electron chi connectivity index (χ1n) is 6.14. The van der Waals surface area contributed by atoms with Crippen LogP contribution in [0.4, 0.5) is 0 Å².